The van der Waals surface area contributed by atoms with Crippen molar-refractivity contribution >= 4 is 11.9 Å². The van der Waals surface area contributed by atoms with E-state index in [0.29, 0.717) is 24.9 Å². The molecular formula is C21H33NO5. The fourth-order valence-electron chi connectivity index (χ4n) is 2.59. The minimum absolute atomic E-state index is 0.174. The molecule has 0 bridgehead atoms. The topological polar surface area (TPSA) is 84.9 Å². The van der Waals surface area contributed by atoms with Gasteiger partial charge in [-0.15, -0.1) is 0 Å². The maximum Gasteiger partial charge on any atom is 0.311 e. The van der Waals surface area contributed by atoms with E-state index in [1.54, 1.807) is 25.2 Å². The van der Waals surface area contributed by atoms with E-state index in [4.69, 9.17) is 9.47 Å². The van der Waals surface area contributed by atoms with Gasteiger partial charge in [-0.05, 0) is 37.6 Å². The van der Waals surface area contributed by atoms with Crippen molar-refractivity contribution in [1.82, 2.24) is 5.32 Å². The van der Waals surface area contributed by atoms with Gasteiger partial charge in [0, 0.05) is 19.4 Å². The van der Waals surface area contributed by atoms with Gasteiger partial charge in [-0.1, -0.05) is 45.6 Å². The first kappa shape index (κ1) is 23.1. The lowest BCUT2D eigenvalue weighted by Gasteiger charge is -2.15. The molecule has 0 radical (unpaired) electrons. The summed E-state index contributed by atoms with van der Waals surface area (Å²) < 4.78 is 10.8. The second kappa shape index (κ2) is 13.3. The maximum absolute atomic E-state index is 12.1. The van der Waals surface area contributed by atoms with Crippen LogP contribution in [-0.4, -0.2) is 30.6 Å². The second-order valence-electron chi connectivity index (χ2n) is 6.64. The van der Waals surface area contributed by atoms with E-state index in [0.717, 1.165) is 38.5 Å². The number of carbonyl (C=O) groups is 2. The molecule has 0 aliphatic carbocycles. The van der Waals surface area contributed by atoms with E-state index in [9.17, 15) is 14.7 Å². The highest BCUT2D eigenvalue weighted by atomic mass is 16.6. The Bertz CT molecular complexity index is 588. The number of aliphatic hydroxyl groups is 1. The zero-order valence-electron chi connectivity index (χ0n) is 16.8. The molecule has 1 atom stereocenters. The van der Waals surface area contributed by atoms with Crippen molar-refractivity contribution in [2.75, 3.05) is 13.6 Å². The summed E-state index contributed by atoms with van der Waals surface area (Å²) in [7, 11) is 1.74. The fourth-order valence-corrected chi connectivity index (χ4v) is 2.59. The molecule has 0 aromatic heterocycles. The summed E-state index contributed by atoms with van der Waals surface area (Å²) in [6, 6.07) is 4.81. The first-order valence-corrected chi connectivity index (χ1v) is 9.89. The van der Waals surface area contributed by atoms with Crippen molar-refractivity contribution in [1.29, 1.82) is 0 Å². The summed E-state index contributed by atoms with van der Waals surface area (Å²) in [4.78, 5) is 24.1. The van der Waals surface area contributed by atoms with Crippen LogP contribution in [0.3, 0.4) is 0 Å². The number of rotatable bonds is 13. The van der Waals surface area contributed by atoms with Crippen LogP contribution in [0, 0.1) is 0 Å². The van der Waals surface area contributed by atoms with Crippen molar-refractivity contribution in [3.8, 4) is 11.5 Å². The van der Waals surface area contributed by atoms with Gasteiger partial charge in [0.1, 0.15) is 0 Å². The molecule has 1 rings (SSSR count). The molecule has 1 unspecified atom stereocenters. The number of nitrogens with one attached hydrogen (secondary N) is 1. The van der Waals surface area contributed by atoms with E-state index < -0.39 is 6.10 Å². The monoisotopic (exact) mass is 379 g/mol. The van der Waals surface area contributed by atoms with Crippen LogP contribution in [0.5, 0.6) is 11.5 Å². The van der Waals surface area contributed by atoms with Crippen LogP contribution in [0.1, 0.15) is 76.9 Å². The van der Waals surface area contributed by atoms with Gasteiger partial charge in [0.15, 0.2) is 11.5 Å². The molecule has 0 saturated heterocycles. The summed E-state index contributed by atoms with van der Waals surface area (Å²) in [6.45, 7) is 4.49. The third-order valence-electron chi connectivity index (χ3n) is 4.17. The minimum atomic E-state index is -0.748. The van der Waals surface area contributed by atoms with E-state index in [-0.39, 0.29) is 23.4 Å². The van der Waals surface area contributed by atoms with Crippen LogP contribution in [0.4, 0.5) is 0 Å². The molecule has 0 amide bonds. The van der Waals surface area contributed by atoms with Gasteiger partial charge in [0.25, 0.3) is 0 Å². The molecule has 1 aromatic carbocycles. The molecular weight excluding hydrogens is 346 g/mol. The molecule has 0 saturated carbocycles. The number of aliphatic hydroxyl groups excluding tert-OH is 1. The quantitative estimate of drug-likeness (QED) is 0.307. The lowest BCUT2D eigenvalue weighted by atomic mass is 10.1. The predicted octanol–water partition coefficient (Wildman–Crippen LogP) is 3.91. The van der Waals surface area contributed by atoms with Crippen molar-refractivity contribution in [3.05, 3.63) is 23.8 Å². The van der Waals surface area contributed by atoms with Gasteiger partial charge in [0.05, 0.1) is 6.10 Å². The zero-order valence-corrected chi connectivity index (χ0v) is 16.8. The zero-order chi connectivity index (χ0) is 20.1. The summed E-state index contributed by atoms with van der Waals surface area (Å²) in [5.74, 6) is -0.337. The predicted molar refractivity (Wildman–Crippen MR) is 105 cm³/mol. The van der Waals surface area contributed by atoms with Crippen molar-refractivity contribution in [3.63, 3.8) is 0 Å². The number of esters is 2. The highest BCUT2D eigenvalue weighted by molar-refractivity contribution is 5.76. The summed E-state index contributed by atoms with van der Waals surface area (Å²) >= 11 is 0. The molecule has 0 aliphatic rings. The summed E-state index contributed by atoms with van der Waals surface area (Å²) in [5.41, 5.74) is 0.589. The minimum Gasteiger partial charge on any atom is -0.423 e. The van der Waals surface area contributed by atoms with E-state index in [1.165, 1.54) is 0 Å². The number of ether oxygens (including phenoxy) is 2. The lowest BCUT2D eigenvalue weighted by molar-refractivity contribution is -0.137. The Hall–Kier alpha value is -1.92. The highest BCUT2D eigenvalue weighted by Gasteiger charge is 2.17. The largest absolute Gasteiger partial charge is 0.423 e. The first-order chi connectivity index (χ1) is 13.0. The molecule has 0 spiro atoms. The van der Waals surface area contributed by atoms with Gasteiger partial charge in [-0.25, -0.2) is 0 Å². The van der Waals surface area contributed by atoms with E-state index in [1.807, 2.05) is 0 Å². The summed E-state index contributed by atoms with van der Waals surface area (Å²) in [6.07, 6.45) is 5.35. The number of likely N-dealkylation sites (N-methyl/N-ethyl adjacent to an activating group) is 1. The fraction of sp³-hybridized carbons (Fsp3) is 0.619. The van der Waals surface area contributed by atoms with E-state index >= 15 is 0 Å². The van der Waals surface area contributed by atoms with Crippen LogP contribution in [0.25, 0.3) is 0 Å². The Kier molecular flexibility index (Phi) is 11.4. The average Bonchev–Trinajstić information content (AvgIpc) is 2.63. The van der Waals surface area contributed by atoms with Crippen LogP contribution < -0.4 is 14.8 Å². The Morgan fingerprint density at radius 3 is 2.04 bits per heavy atom. The Morgan fingerprint density at radius 1 is 0.963 bits per heavy atom. The number of benzene rings is 1. The Balaban J connectivity index is 2.88. The number of carbonyl (C=O) groups excluding carboxylic acids is 2. The summed E-state index contributed by atoms with van der Waals surface area (Å²) in [5, 5.41) is 13.1. The molecule has 6 heteroatoms. The number of hydrogen-bond acceptors (Lipinski definition) is 6. The smallest absolute Gasteiger partial charge is 0.311 e. The molecule has 0 heterocycles. The lowest BCUT2D eigenvalue weighted by Crippen LogP contribution is -2.17. The molecule has 6 nitrogen and oxygen atoms in total. The number of unbranched alkanes of at least 4 members (excludes halogenated alkanes) is 4. The maximum atomic E-state index is 12.1. The molecule has 0 aliphatic heterocycles. The van der Waals surface area contributed by atoms with Gasteiger partial charge in [0.2, 0.25) is 0 Å². The first-order valence-electron chi connectivity index (χ1n) is 9.89. The van der Waals surface area contributed by atoms with Gasteiger partial charge in [-0.2, -0.15) is 0 Å². The van der Waals surface area contributed by atoms with Crippen LogP contribution in [0.2, 0.25) is 0 Å². The molecule has 0 fully saturated rings. The third kappa shape index (κ3) is 9.02. The van der Waals surface area contributed by atoms with Crippen LogP contribution in [0.15, 0.2) is 18.2 Å². The molecule has 1 aromatic rings. The molecule has 152 valence electrons. The standard InChI is InChI=1S/C21H33NO5/c1-4-6-8-10-20(24)26-18-13-12-16(17(23)15-22-3)14-19(18)27-21(25)11-9-7-5-2/h12-14,17,22-23H,4-11,15H2,1-3H3. The van der Waals surface area contributed by atoms with Crippen LogP contribution in [-0.2, 0) is 9.59 Å². The SMILES string of the molecule is CCCCCC(=O)Oc1ccc(C(O)CNC)cc1OC(=O)CCCCC. The van der Waals surface area contributed by atoms with Gasteiger partial charge >= 0.3 is 11.9 Å². The second-order valence-corrected chi connectivity index (χ2v) is 6.64. The van der Waals surface area contributed by atoms with Gasteiger partial charge < -0.3 is 19.9 Å². The van der Waals surface area contributed by atoms with Crippen molar-refractivity contribution < 1.29 is 24.2 Å². The van der Waals surface area contributed by atoms with Crippen molar-refractivity contribution in [2.45, 2.75) is 71.3 Å². The van der Waals surface area contributed by atoms with Crippen LogP contribution >= 0.6 is 0 Å². The third-order valence-corrected chi connectivity index (χ3v) is 4.17. The highest BCUT2D eigenvalue weighted by Crippen LogP contribution is 2.31. The average molecular weight is 379 g/mol. The van der Waals surface area contributed by atoms with Crippen molar-refractivity contribution in [2.24, 2.45) is 0 Å². The molecule has 27 heavy (non-hydrogen) atoms. The normalized spacial score (nSPS) is 11.9. The molecule has 2 N–H and O–H groups in total. The number of hydrogen-bond donors (Lipinski definition) is 2. The Morgan fingerprint density at radius 2 is 1.52 bits per heavy atom. The van der Waals surface area contributed by atoms with E-state index in [2.05, 4.69) is 19.2 Å². The van der Waals surface area contributed by atoms with Gasteiger partial charge in [-0.3, -0.25) is 9.59 Å². The Labute approximate surface area is 162 Å².